The third-order valence-electron chi connectivity index (χ3n) is 2.67. The van der Waals surface area contributed by atoms with E-state index in [0.29, 0.717) is 11.8 Å². The largest absolute Gasteiger partial charge is 0.388 e. The summed E-state index contributed by atoms with van der Waals surface area (Å²) in [5.74, 6) is 1.07. The van der Waals surface area contributed by atoms with E-state index in [1.54, 1.807) is 0 Å². The molecule has 0 saturated heterocycles. The zero-order valence-electron chi connectivity index (χ0n) is 6.96. The third-order valence-corrected chi connectivity index (χ3v) is 2.67. The van der Waals surface area contributed by atoms with E-state index in [1.807, 2.05) is 6.92 Å². The van der Waals surface area contributed by atoms with E-state index >= 15 is 0 Å². The zero-order chi connectivity index (χ0) is 7.72. The van der Waals surface area contributed by atoms with Gasteiger partial charge in [0, 0.05) is 0 Å². The Kier molecular flexibility index (Phi) is 2.14. The van der Waals surface area contributed by atoms with E-state index in [1.165, 1.54) is 0 Å². The van der Waals surface area contributed by atoms with Gasteiger partial charge in [0.2, 0.25) is 0 Å². The quantitative estimate of drug-likeness (QED) is 0.510. The van der Waals surface area contributed by atoms with E-state index in [4.69, 9.17) is 0 Å². The fourth-order valence-electron chi connectivity index (χ4n) is 1.43. The van der Waals surface area contributed by atoms with E-state index < -0.39 is 0 Å². The van der Waals surface area contributed by atoms with Crippen LogP contribution in [0.4, 0.5) is 0 Å². The molecule has 0 unspecified atom stereocenters. The normalized spacial score (nSPS) is 41.2. The Hall–Kier alpha value is -0.300. The van der Waals surface area contributed by atoms with Crippen LogP contribution in [0.2, 0.25) is 0 Å². The minimum Gasteiger partial charge on any atom is -0.388 e. The lowest BCUT2D eigenvalue weighted by atomic mass is 9.80. The topological polar surface area (TPSA) is 20.2 Å². The van der Waals surface area contributed by atoms with Gasteiger partial charge in [0.15, 0.2) is 0 Å². The molecule has 0 saturated carbocycles. The number of rotatable bonds is 0. The van der Waals surface area contributed by atoms with E-state index in [-0.39, 0.29) is 6.10 Å². The summed E-state index contributed by atoms with van der Waals surface area (Å²) in [6.45, 7) is 6.32. The van der Waals surface area contributed by atoms with Gasteiger partial charge in [-0.2, -0.15) is 0 Å². The van der Waals surface area contributed by atoms with Crippen LogP contribution in [0.1, 0.15) is 27.2 Å². The molecule has 0 radical (unpaired) electrons. The van der Waals surface area contributed by atoms with E-state index in [9.17, 15) is 5.11 Å². The SMILES string of the molecule is CC1=CC[C@H](C)[C@@H](C)[C@@H]1O. The third kappa shape index (κ3) is 1.24. The van der Waals surface area contributed by atoms with Gasteiger partial charge in [-0.05, 0) is 30.8 Å². The van der Waals surface area contributed by atoms with Gasteiger partial charge in [-0.1, -0.05) is 19.9 Å². The Bertz CT molecular complexity index is 149. The molecule has 0 bridgehead atoms. The van der Waals surface area contributed by atoms with Crippen molar-refractivity contribution in [3.8, 4) is 0 Å². The molecule has 0 fully saturated rings. The minimum absolute atomic E-state index is 0.191. The van der Waals surface area contributed by atoms with Gasteiger partial charge in [0.25, 0.3) is 0 Å². The van der Waals surface area contributed by atoms with Crippen LogP contribution in [0.15, 0.2) is 11.6 Å². The maximum Gasteiger partial charge on any atom is 0.0775 e. The molecule has 1 rings (SSSR count). The highest BCUT2D eigenvalue weighted by atomic mass is 16.3. The van der Waals surface area contributed by atoms with Gasteiger partial charge in [-0.15, -0.1) is 0 Å². The van der Waals surface area contributed by atoms with Crippen molar-refractivity contribution in [3.63, 3.8) is 0 Å². The summed E-state index contributed by atoms with van der Waals surface area (Å²) in [4.78, 5) is 0. The monoisotopic (exact) mass is 140 g/mol. The van der Waals surface area contributed by atoms with Crippen molar-refractivity contribution in [2.45, 2.75) is 33.3 Å². The van der Waals surface area contributed by atoms with Crippen LogP contribution >= 0.6 is 0 Å². The lowest BCUT2D eigenvalue weighted by molar-refractivity contribution is 0.109. The molecular formula is C9H16O. The minimum atomic E-state index is -0.191. The van der Waals surface area contributed by atoms with Crippen molar-refractivity contribution < 1.29 is 5.11 Å². The first-order valence-corrected chi connectivity index (χ1v) is 3.97. The Labute approximate surface area is 62.8 Å². The van der Waals surface area contributed by atoms with Crippen molar-refractivity contribution in [3.05, 3.63) is 11.6 Å². The van der Waals surface area contributed by atoms with Crippen LogP contribution in [0.5, 0.6) is 0 Å². The van der Waals surface area contributed by atoms with Gasteiger partial charge >= 0.3 is 0 Å². The van der Waals surface area contributed by atoms with Gasteiger partial charge in [-0.3, -0.25) is 0 Å². The number of allylic oxidation sites excluding steroid dienone is 1. The van der Waals surface area contributed by atoms with E-state index in [2.05, 4.69) is 19.9 Å². The Morgan fingerprint density at radius 2 is 2.10 bits per heavy atom. The molecule has 1 aliphatic carbocycles. The first kappa shape index (κ1) is 7.80. The smallest absolute Gasteiger partial charge is 0.0775 e. The van der Waals surface area contributed by atoms with E-state index in [0.717, 1.165) is 12.0 Å². The van der Waals surface area contributed by atoms with Crippen LogP contribution in [-0.4, -0.2) is 11.2 Å². The van der Waals surface area contributed by atoms with Crippen molar-refractivity contribution in [1.82, 2.24) is 0 Å². The zero-order valence-corrected chi connectivity index (χ0v) is 6.96. The molecule has 58 valence electrons. The standard InChI is InChI=1S/C9H16O/c1-6-4-5-7(2)9(10)8(6)3/h5-6,8-10H,4H2,1-3H3/t6-,8+,9+/m0/s1. The second-order valence-corrected chi connectivity index (χ2v) is 3.47. The van der Waals surface area contributed by atoms with Crippen LogP contribution in [-0.2, 0) is 0 Å². The second-order valence-electron chi connectivity index (χ2n) is 3.47. The summed E-state index contributed by atoms with van der Waals surface area (Å²) in [5, 5.41) is 9.55. The molecule has 0 aliphatic heterocycles. The van der Waals surface area contributed by atoms with Crippen molar-refractivity contribution in [2.24, 2.45) is 11.8 Å². The maximum absolute atomic E-state index is 9.55. The number of hydrogen-bond acceptors (Lipinski definition) is 1. The molecule has 1 nitrogen and oxygen atoms in total. The first-order chi connectivity index (χ1) is 4.63. The van der Waals surface area contributed by atoms with Crippen LogP contribution in [0, 0.1) is 11.8 Å². The van der Waals surface area contributed by atoms with Gasteiger partial charge in [0.05, 0.1) is 6.10 Å². The number of hydrogen-bond donors (Lipinski definition) is 1. The summed E-state index contributed by atoms with van der Waals surface area (Å²) in [7, 11) is 0. The average molecular weight is 140 g/mol. The highest BCUT2D eigenvalue weighted by molar-refractivity contribution is 5.10. The second kappa shape index (κ2) is 2.75. The lowest BCUT2D eigenvalue weighted by Crippen LogP contribution is -2.28. The maximum atomic E-state index is 9.55. The summed E-state index contributed by atoms with van der Waals surface area (Å²) in [6, 6.07) is 0. The number of aliphatic hydroxyl groups excluding tert-OH is 1. The highest BCUT2D eigenvalue weighted by Gasteiger charge is 2.24. The average Bonchev–Trinajstić information content (AvgIpc) is 1.93. The molecule has 0 spiro atoms. The van der Waals surface area contributed by atoms with Crippen molar-refractivity contribution >= 4 is 0 Å². The lowest BCUT2D eigenvalue weighted by Gasteiger charge is -2.29. The first-order valence-electron chi connectivity index (χ1n) is 3.97. The predicted octanol–water partition coefficient (Wildman–Crippen LogP) is 1.97. The molecule has 0 aromatic carbocycles. The Morgan fingerprint density at radius 3 is 2.60 bits per heavy atom. The highest BCUT2D eigenvalue weighted by Crippen LogP contribution is 2.28. The molecule has 0 amide bonds. The molecular weight excluding hydrogens is 124 g/mol. The molecule has 0 aromatic heterocycles. The van der Waals surface area contributed by atoms with Crippen LogP contribution < -0.4 is 0 Å². The summed E-state index contributed by atoms with van der Waals surface area (Å²) < 4.78 is 0. The molecule has 0 aromatic rings. The van der Waals surface area contributed by atoms with Gasteiger partial charge < -0.3 is 5.11 Å². The van der Waals surface area contributed by atoms with Gasteiger partial charge in [0.1, 0.15) is 0 Å². The molecule has 1 N–H and O–H groups in total. The van der Waals surface area contributed by atoms with Crippen LogP contribution in [0.25, 0.3) is 0 Å². The fourth-order valence-corrected chi connectivity index (χ4v) is 1.43. The Morgan fingerprint density at radius 1 is 1.50 bits per heavy atom. The molecule has 0 heterocycles. The Balaban J connectivity index is 2.71. The molecule has 3 atom stereocenters. The fraction of sp³-hybridized carbons (Fsp3) is 0.778. The molecule has 1 heteroatoms. The number of aliphatic hydroxyl groups is 1. The summed E-state index contributed by atoms with van der Waals surface area (Å²) in [5.41, 5.74) is 1.14. The predicted molar refractivity (Wildman–Crippen MR) is 42.7 cm³/mol. The summed E-state index contributed by atoms with van der Waals surface area (Å²) >= 11 is 0. The van der Waals surface area contributed by atoms with Gasteiger partial charge in [-0.25, -0.2) is 0 Å². The van der Waals surface area contributed by atoms with Crippen LogP contribution in [0.3, 0.4) is 0 Å². The molecule has 1 aliphatic rings. The van der Waals surface area contributed by atoms with Crippen molar-refractivity contribution in [2.75, 3.05) is 0 Å². The summed E-state index contributed by atoms with van der Waals surface area (Å²) in [6.07, 6.45) is 3.09. The molecule has 10 heavy (non-hydrogen) atoms. The van der Waals surface area contributed by atoms with Crippen molar-refractivity contribution in [1.29, 1.82) is 0 Å².